The molecule has 4 heteroatoms. The van der Waals surface area contributed by atoms with Gasteiger partial charge in [0.05, 0.1) is 0 Å². The summed E-state index contributed by atoms with van der Waals surface area (Å²) in [7, 11) is 1.36. The summed E-state index contributed by atoms with van der Waals surface area (Å²) >= 11 is 0. The van der Waals surface area contributed by atoms with Gasteiger partial charge in [0.1, 0.15) is 6.61 Å². The molecular formula is C9H22O2SSi. The Morgan fingerprint density at radius 3 is 2.15 bits per heavy atom. The van der Waals surface area contributed by atoms with Gasteiger partial charge in [-0.1, -0.05) is 19.6 Å². The third-order valence-electron chi connectivity index (χ3n) is 0.651. The number of hydrogen-bond donors (Lipinski definition) is 0. The molecule has 0 aromatic rings. The third kappa shape index (κ3) is 33.7. The quantitative estimate of drug-likeness (QED) is 0.406. The zero-order chi connectivity index (χ0) is 10.9. The second-order valence-corrected chi connectivity index (χ2v) is 16.0. The van der Waals surface area contributed by atoms with E-state index in [1.807, 2.05) is 0 Å². The molecule has 0 fully saturated rings. The highest BCUT2D eigenvalue weighted by Crippen LogP contribution is 2.25. The van der Waals surface area contributed by atoms with Crippen molar-refractivity contribution in [3.63, 3.8) is 0 Å². The van der Waals surface area contributed by atoms with Gasteiger partial charge in [-0.05, 0) is 18.8 Å². The van der Waals surface area contributed by atoms with E-state index in [1.54, 1.807) is 13.0 Å². The number of ether oxygens (including phenoxy) is 1. The van der Waals surface area contributed by atoms with E-state index in [0.717, 1.165) is 0 Å². The maximum Gasteiger partial charge on any atom is 0.305 e. The summed E-state index contributed by atoms with van der Waals surface area (Å²) in [6.45, 7) is 5.47. The lowest BCUT2D eigenvalue weighted by atomic mass is 10.5. The molecule has 0 rings (SSSR count). The Hall–Kier alpha value is -0.223. The SMILES string of the molecule is C=CCOC(=O)CC.CS(C)(C)[SiH3]. The van der Waals surface area contributed by atoms with Gasteiger partial charge in [-0.3, -0.25) is 14.3 Å². The Bertz CT molecular complexity index is 146. The Morgan fingerprint density at radius 2 is 1.92 bits per heavy atom. The molecule has 0 atom stereocenters. The first kappa shape index (κ1) is 15.3. The van der Waals surface area contributed by atoms with E-state index in [-0.39, 0.29) is 15.4 Å². The largest absolute Gasteiger partial charge is 0.461 e. The number of esters is 1. The van der Waals surface area contributed by atoms with E-state index >= 15 is 0 Å². The van der Waals surface area contributed by atoms with E-state index in [4.69, 9.17) is 0 Å². The summed E-state index contributed by atoms with van der Waals surface area (Å²) in [5.74, 6) is -0.176. The van der Waals surface area contributed by atoms with Crippen LogP contribution in [0, 0.1) is 0 Å². The molecule has 0 aliphatic heterocycles. The third-order valence-corrected chi connectivity index (χ3v) is 0.651. The zero-order valence-electron chi connectivity index (χ0n) is 9.42. The first-order valence-electron chi connectivity index (χ1n) is 4.21. The molecule has 0 radical (unpaired) electrons. The monoisotopic (exact) mass is 222 g/mol. The predicted octanol–water partition coefficient (Wildman–Crippen LogP) is 1.09. The molecule has 0 aliphatic rings. The summed E-state index contributed by atoms with van der Waals surface area (Å²) < 4.78 is 4.58. The topological polar surface area (TPSA) is 26.3 Å². The van der Waals surface area contributed by atoms with Crippen molar-refractivity contribution in [2.24, 2.45) is 0 Å². The smallest absolute Gasteiger partial charge is 0.305 e. The molecule has 0 N–H and O–H groups in total. The first-order valence-corrected chi connectivity index (χ1v) is 9.92. The highest BCUT2D eigenvalue weighted by Gasteiger charge is 1.92. The van der Waals surface area contributed by atoms with Gasteiger partial charge >= 0.3 is 5.97 Å². The van der Waals surface area contributed by atoms with Crippen LogP contribution in [0.25, 0.3) is 0 Å². The molecule has 0 aromatic heterocycles. The van der Waals surface area contributed by atoms with Crippen molar-refractivity contribution in [1.82, 2.24) is 0 Å². The van der Waals surface area contributed by atoms with E-state index in [1.165, 1.54) is 9.39 Å². The number of rotatable bonds is 3. The molecule has 0 aliphatic carbocycles. The van der Waals surface area contributed by atoms with Crippen molar-refractivity contribution in [2.75, 3.05) is 25.4 Å². The van der Waals surface area contributed by atoms with E-state index in [2.05, 4.69) is 30.1 Å². The van der Waals surface area contributed by atoms with Gasteiger partial charge in [-0.15, -0.1) is 0 Å². The standard InChI is InChI=1S/C6H10O2.C3H12SSi/c1-3-5-8-6(7)4-2;1-4(2,3)5/h3H,1,4-5H2,2H3;1-3,5H3. The Balaban J connectivity index is 0. The fraction of sp³-hybridized carbons (Fsp3) is 0.667. The van der Waals surface area contributed by atoms with Crippen LogP contribution in [0.15, 0.2) is 12.7 Å². The molecule has 0 amide bonds. The molecule has 0 spiro atoms. The summed E-state index contributed by atoms with van der Waals surface area (Å²) in [6, 6.07) is 0. The van der Waals surface area contributed by atoms with Gasteiger partial charge in [0.25, 0.3) is 0 Å². The molecule has 0 saturated heterocycles. The number of carbonyl (C=O) groups is 1. The molecule has 0 bridgehead atoms. The number of hydrogen-bond acceptors (Lipinski definition) is 2. The highest BCUT2D eigenvalue weighted by atomic mass is 32.4. The fourth-order valence-electron chi connectivity index (χ4n) is 0.254. The molecule has 2 nitrogen and oxygen atoms in total. The van der Waals surface area contributed by atoms with Crippen LogP contribution in [0.3, 0.4) is 0 Å². The fourth-order valence-corrected chi connectivity index (χ4v) is 0.254. The van der Waals surface area contributed by atoms with Crippen LogP contribution in [0.1, 0.15) is 13.3 Å². The van der Waals surface area contributed by atoms with Crippen LogP contribution >= 0.6 is 9.48 Å². The summed E-state index contributed by atoms with van der Waals surface area (Å²) in [5, 5.41) is 0. The lowest BCUT2D eigenvalue weighted by Gasteiger charge is -2.15. The van der Waals surface area contributed by atoms with Gasteiger partial charge in [0.2, 0.25) is 0 Å². The lowest BCUT2D eigenvalue weighted by molar-refractivity contribution is -0.141. The molecule has 0 heterocycles. The second-order valence-electron chi connectivity index (χ2n) is 3.77. The van der Waals surface area contributed by atoms with Gasteiger partial charge < -0.3 is 4.74 Å². The van der Waals surface area contributed by atoms with Gasteiger partial charge in [0, 0.05) is 15.8 Å². The molecular weight excluding hydrogens is 200 g/mol. The van der Waals surface area contributed by atoms with E-state index < -0.39 is 0 Å². The Kier molecular flexibility index (Phi) is 9.83. The molecule has 80 valence electrons. The summed E-state index contributed by atoms with van der Waals surface area (Å²) in [5.41, 5.74) is 0. The molecule has 13 heavy (non-hydrogen) atoms. The zero-order valence-corrected chi connectivity index (χ0v) is 12.2. The van der Waals surface area contributed by atoms with Crippen molar-refractivity contribution >= 4 is 24.8 Å². The van der Waals surface area contributed by atoms with Gasteiger partial charge in [-0.2, -0.15) is 0 Å². The van der Waals surface area contributed by atoms with Crippen LogP contribution < -0.4 is 0 Å². The average Bonchev–Trinajstić information content (AvgIpc) is 1.97. The Labute approximate surface area is 86.1 Å². The van der Waals surface area contributed by atoms with Gasteiger partial charge in [-0.25, -0.2) is 0 Å². The van der Waals surface area contributed by atoms with Crippen molar-refractivity contribution in [3.05, 3.63) is 12.7 Å². The van der Waals surface area contributed by atoms with Crippen LogP contribution in [0.5, 0.6) is 0 Å². The first-order chi connectivity index (χ1) is 5.81. The second kappa shape index (κ2) is 8.38. The highest BCUT2D eigenvalue weighted by molar-refractivity contribution is 8.48. The molecule has 0 unspecified atom stereocenters. The van der Waals surface area contributed by atoms with Gasteiger partial charge in [0.15, 0.2) is 0 Å². The van der Waals surface area contributed by atoms with Crippen molar-refractivity contribution < 1.29 is 9.53 Å². The van der Waals surface area contributed by atoms with Crippen molar-refractivity contribution in [3.8, 4) is 0 Å². The predicted molar refractivity (Wildman–Crippen MR) is 66.7 cm³/mol. The van der Waals surface area contributed by atoms with Crippen molar-refractivity contribution in [2.45, 2.75) is 13.3 Å². The van der Waals surface area contributed by atoms with Crippen LogP contribution in [0.4, 0.5) is 0 Å². The summed E-state index contributed by atoms with van der Waals surface area (Å²) in [4.78, 5) is 10.3. The molecule has 0 aromatic carbocycles. The van der Waals surface area contributed by atoms with Crippen molar-refractivity contribution in [1.29, 1.82) is 0 Å². The minimum Gasteiger partial charge on any atom is -0.461 e. The average molecular weight is 222 g/mol. The van der Waals surface area contributed by atoms with Crippen LogP contribution in [0.2, 0.25) is 0 Å². The maximum atomic E-state index is 10.3. The molecule has 0 saturated carbocycles. The minimum absolute atomic E-state index is 0.0278. The normalized spacial score (nSPS) is 11.1. The van der Waals surface area contributed by atoms with Crippen LogP contribution in [-0.2, 0) is 9.53 Å². The maximum absolute atomic E-state index is 10.3. The summed E-state index contributed by atoms with van der Waals surface area (Å²) in [6.07, 6.45) is 8.99. The lowest BCUT2D eigenvalue weighted by Crippen LogP contribution is -2.00. The van der Waals surface area contributed by atoms with E-state index in [0.29, 0.717) is 13.0 Å². The van der Waals surface area contributed by atoms with Crippen LogP contribution in [-0.4, -0.2) is 40.7 Å². The number of carbonyl (C=O) groups excluding carboxylic acids is 1. The Morgan fingerprint density at radius 1 is 1.54 bits per heavy atom. The minimum atomic E-state index is -0.176. The van der Waals surface area contributed by atoms with E-state index in [9.17, 15) is 4.79 Å².